The SMILES string of the molecule is N#Cc1ccccc1-n1cncc1-c1cnccc1N. The predicted octanol–water partition coefficient (Wildman–Crippen LogP) is 2.39. The maximum Gasteiger partial charge on any atom is 0.101 e. The van der Waals surface area contributed by atoms with Crippen molar-refractivity contribution < 1.29 is 0 Å². The van der Waals surface area contributed by atoms with Gasteiger partial charge in [-0.2, -0.15) is 5.26 Å². The van der Waals surface area contributed by atoms with Gasteiger partial charge in [0.15, 0.2) is 0 Å². The maximum atomic E-state index is 9.21. The fourth-order valence-electron chi connectivity index (χ4n) is 2.08. The highest BCUT2D eigenvalue weighted by molar-refractivity contribution is 5.74. The number of pyridine rings is 1. The van der Waals surface area contributed by atoms with Crippen LogP contribution in [0.2, 0.25) is 0 Å². The fraction of sp³-hybridized carbons (Fsp3) is 0. The van der Waals surface area contributed by atoms with E-state index in [4.69, 9.17) is 5.73 Å². The van der Waals surface area contributed by atoms with Crippen LogP contribution in [0.5, 0.6) is 0 Å². The van der Waals surface area contributed by atoms with E-state index >= 15 is 0 Å². The molecule has 0 atom stereocenters. The van der Waals surface area contributed by atoms with Crippen LogP contribution in [0.25, 0.3) is 16.9 Å². The highest BCUT2D eigenvalue weighted by Gasteiger charge is 2.12. The number of nitrogens with two attached hydrogens (primary N) is 1. The highest BCUT2D eigenvalue weighted by Crippen LogP contribution is 2.27. The molecule has 0 aliphatic heterocycles. The van der Waals surface area contributed by atoms with Crippen molar-refractivity contribution in [1.82, 2.24) is 14.5 Å². The number of nitrogen functional groups attached to an aromatic ring is 1. The molecule has 0 bridgehead atoms. The van der Waals surface area contributed by atoms with Gasteiger partial charge in [-0.1, -0.05) is 12.1 Å². The second kappa shape index (κ2) is 4.86. The average molecular weight is 261 g/mol. The fourth-order valence-corrected chi connectivity index (χ4v) is 2.08. The Hall–Kier alpha value is -3.13. The molecule has 3 aromatic rings. The van der Waals surface area contributed by atoms with Gasteiger partial charge < -0.3 is 5.73 Å². The third-order valence-corrected chi connectivity index (χ3v) is 3.05. The molecule has 0 fully saturated rings. The Balaban J connectivity index is 2.22. The number of rotatable bonds is 2. The van der Waals surface area contributed by atoms with E-state index in [1.54, 1.807) is 37.1 Å². The lowest BCUT2D eigenvalue weighted by Gasteiger charge is -2.10. The number of hydrogen-bond acceptors (Lipinski definition) is 4. The zero-order valence-corrected chi connectivity index (χ0v) is 10.6. The Kier molecular flexibility index (Phi) is 2.90. The molecule has 0 aliphatic rings. The van der Waals surface area contributed by atoms with Gasteiger partial charge in [0, 0.05) is 23.6 Å². The second-order valence-electron chi connectivity index (χ2n) is 4.24. The summed E-state index contributed by atoms with van der Waals surface area (Å²) in [5.74, 6) is 0. The Bertz CT molecular complexity index is 798. The summed E-state index contributed by atoms with van der Waals surface area (Å²) in [4.78, 5) is 8.25. The summed E-state index contributed by atoms with van der Waals surface area (Å²) in [6.07, 6.45) is 6.71. The monoisotopic (exact) mass is 261 g/mol. The Labute approximate surface area is 116 Å². The van der Waals surface area contributed by atoms with Gasteiger partial charge in [-0.25, -0.2) is 4.98 Å². The van der Waals surface area contributed by atoms with Crippen molar-refractivity contribution in [3.63, 3.8) is 0 Å². The average Bonchev–Trinajstić information content (AvgIpc) is 2.96. The van der Waals surface area contributed by atoms with E-state index in [2.05, 4.69) is 16.0 Å². The summed E-state index contributed by atoms with van der Waals surface area (Å²) in [6, 6.07) is 11.3. The lowest BCUT2D eigenvalue weighted by Crippen LogP contribution is -2.00. The molecule has 0 unspecified atom stereocenters. The molecule has 0 aliphatic carbocycles. The van der Waals surface area contributed by atoms with E-state index in [9.17, 15) is 5.26 Å². The van der Waals surface area contributed by atoms with E-state index in [0.717, 1.165) is 16.9 Å². The number of benzene rings is 1. The van der Waals surface area contributed by atoms with E-state index in [1.807, 2.05) is 22.8 Å². The molecular weight excluding hydrogens is 250 g/mol. The molecule has 3 rings (SSSR count). The van der Waals surface area contributed by atoms with Gasteiger partial charge in [0.05, 0.1) is 29.5 Å². The van der Waals surface area contributed by atoms with Gasteiger partial charge >= 0.3 is 0 Å². The maximum absolute atomic E-state index is 9.21. The first-order valence-electron chi connectivity index (χ1n) is 6.03. The van der Waals surface area contributed by atoms with Crippen LogP contribution in [0.3, 0.4) is 0 Å². The third-order valence-electron chi connectivity index (χ3n) is 3.05. The van der Waals surface area contributed by atoms with Crippen LogP contribution in [0.15, 0.2) is 55.2 Å². The summed E-state index contributed by atoms with van der Waals surface area (Å²) in [5.41, 5.74) is 9.55. The molecule has 0 saturated heterocycles. The van der Waals surface area contributed by atoms with Crippen LogP contribution in [-0.4, -0.2) is 14.5 Å². The van der Waals surface area contributed by atoms with Crippen LogP contribution >= 0.6 is 0 Å². The number of nitrogens with zero attached hydrogens (tertiary/aromatic N) is 4. The number of imidazole rings is 1. The highest BCUT2D eigenvalue weighted by atomic mass is 15.1. The number of hydrogen-bond donors (Lipinski definition) is 1. The van der Waals surface area contributed by atoms with Gasteiger partial charge in [-0.15, -0.1) is 0 Å². The lowest BCUT2D eigenvalue weighted by atomic mass is 10.1. The first kappa shape index (κ1) is 11.9. The Morgan fingerprint density at radius 1 is 1.10 bits per heavy atom. The zero-order chi connectivity index (χ0) is 13.9. The summed E-state index contributed by atoms with van der Waals surface area (Å²) in [7, 11) is 0. The van der Waals surface area contributed by atoms with E-state index in [-0.39, 0.29) is 0 Å². The predicted molar refractivity (Wildman–Crippen MR) is 75.9 cm³/mol. The summed E-state index contributed by atoms with van der Waals surface area (Å²) >= 11 is 0. The minimum Gasteiger partial charge on any atom is -0.398 e. The van der Waals surface area contributed by atoms with Crippen LogP contribution in [-0.2, 0) is 0 Å². The minimum atomic E-state index is 0.578. The first-order chi connectivity index (χ1) is 9.81. The normalized spacial score (nSPS) is 10.2. The molecular formula is C15H11N5. The largest absolute Gasteiger partial charge is 0.398 e. The summed E-state index contributed by atoms with van der Waals surface area (Å²) in [6.45, 7) is 0. The van der Waals surface area contributed by atoms with Gasteiger partial charge in [-0.3, -0.25) is 9.55 Å². The van der Waals surface area contributed by atoms with Gasteiger partial charge in [0.1, 0.15) is 6.07 Å². The quantitative estimate of drug-likeness (QED) is 0.768. The number of nitriles is 1. The Morgan fingerprint density at radius 2 is 1.95 bits per heavy atom. The summed E-state index contributed by atoms with van der Waals surface area (Å²) in [5, 5.41) is 9.21. The number of aromatic nitrogens is 3. The molecule has 96 valence electrons. The van der Waals surface area contributed by atoms with Crippen molar-refractivity contribution in [3.05, 3.63) is 60.8 Å². The molecule has 2 heterocycles. The van der Waals surface area contributed by atoms with Crippen molar-refractivity contribution >= 4 is 5.69 Å². The third kappa shape index (κ3) is 1.89. The molecule has 2 aromatic heterocycles. The summed E-state index contributed by atoms with van der Waals surface area (Å²) < 4.78 is 1.84. The first-order valence-corrected chi connectivity index (χ1v) is 6.03. The van der Waals surface area contributed by atoms with Crippen LogP contribution in [0, 0.1) is 11.3 Å². The molecule has 5 heteroatoms. The minimum absolute atomic E-state index is 0.578. The molecule has 0 spiro atoms. The molecule has 2 N–H and O–H groups in total. The van der Waals surface area contributed by atoms with Gasteiger partial charge in [-0.05, 0) is 18.2 Å². The lowest BCUT2D eigenvalue weighted by molar-refractivity contribution is 1.05. The van der Waals surface area contributed by atoms with E-state index < -0.39 is 0 Å². The molecule has 1 aromatic carbocycles. The van der Waals surface area contributed by atoms with Crippen molar-refractivity contribution in [2.75, 3.05) is 5.73 Å². The van der Waals surface area contributed by atoms with E-state index in [0.29, 0.717) is 11.3 Å². The topological polar surface area (TPSA) is 80.5 Å². The number of para-hydroxylation sites is 1. The zero-order valence-electron chi connectivity index (χ0n) is 10.6. The van der Waals surface area contributed by atoms with Crippen molar-refractivity contribution in [3.8, 4) is 23.0 Å². The number of anilines is 1. The van der Waals surface area contributed by atoms with Crippen molar-refractivity contribution in [1.29, 1.82) is 5.26 Å². The van der Waals surface area contributed by atoms with E-state index in [1.165, 1.54) is 0 Å². The van der Waals surface area contributed by atoms with Crippen LogP contribution in [0.1, 0.15) is 5.56 Å². The molecule has 0 radical (unpaired) electrons. The van der Waals surface area contributed by atoms with Crippen LogP contribution in [0.4, 0.5) is 5.69 Å². The molecule has 0 saturated carbocycles. The Morgan fingerprint density at radius 3 is 2.75 bits per heavy atom. The van der Waals surface area contributed by atoms with Crippen molar-refractivity contribution in [2.45, 2.75) is 0 Å². The van der Waals surface area contributed by atoms with Crippen LogP contribution < -0.4 is 5.73 Å². The smallest absolute Gasteiger partial charge is 0.101 e. The second-order valence-corrected chi connectivity index (χ2v) is 4.24. The standard InChI is InChI=1S/C15H11N5/c16-7-11-3-1-2-4-14(11)20-10-19-9-15(20)12-8-18-6-5-13(12)17/h1-6,8-10H,(H2,17,18). The van der Waals surface area contributed by atoms with Gasteiger partial charge in [0.25, 0.3) is 0 Å². The molecule has 5 nitrogen and oxygen atoms in total. The van der Waals surface area contributed by atoms with Gasteiger partial charge in [0.2, 0.25) is 0 Å². The molecule has 20 heavy (non-hydrogen) atoms. The van der Waals surface area contributed by atoms with Crippen molar-refractivity contribution in [2.24, 2.45) is 0 Å². The molecule has 0 amide bonds.